The zero-order chi connectivity index (χ0) is 24.4. The molecule has 0 unspecified atom stereocenters. The third-order valence-electron chi connectivity index (χ3n) is 5.76. The Morgan fingerprint density at radius 3 is 2.21 bits per heavy atom. The second-order valence-corrected chi connectivity index (χ2v) is 7.70. The zero-order valence-corrected chi connectivity index (χ0v) is 19.3. The predicted molar refractivity (Wildman–Crippen MR) is 128 cm³/mol. The minimum absolute atomic E-state index is 0.0594. The molecule has 0 aliphatic heterocycles. The number of fused-ring (bicyclic) bond motifs is 1. The van der Waals surface area contributed by atoms with Gasteiger partial charge >= 0.3 is 5.97 Å². The highest BCUT2D eigenvalue weighted by Gasteiger charge is 2.26. The minimum atomic E-state index is -0.672. The molecule has 2 aromatic heterocycles. The van der Waals surface area contributed by atoms with Crippen molar-refractivity contribution in [2.24, 2.45) is 0 Å². The molecule has 0 spiro atoms. The number of aromatic hydroxyl groups is 1. The number of pyridine rings is 2. The molecule has 8 heteroatoms. The first-order valence-corrected chi connectivity index (χ1v) is 10.5. The van der Waals surface area contributed by atoms with Crippen LogP contribution in [-0.2, 0) is 11.3 Å². The van der Waals surface area contributed by atoms with Gasteiger partial charge in [0, 0.05) is 23.5 Å². The lowest BCUT2D eigenvalue weighted by Gasteiger charge is -2.20. The molecule has 0 fully saturated rings. The van der Waals surface area contributed by atoms with Crippen molar-refractivity contribution in [2.75, 3.05) is 21.3 Å². The Labute approximate surface area is 196 Å². The molecular weight excluding hydrogens is 436 g/mol. The van der Waals surface area contributed by atoms with Gasteiger partial charge in [-0.25, -0.2) is 4.79 Å². The molecule has 8 nitrogen and oxygen atoms in total. The van der Waals surface area contributed by atoms with Gasteiger partial charge in [0.2, 0.25) is 0 Å². The van der Waals surface area contributed by atoms with Crippen LogP contribution in [0.15, 0.2) is 59.7 Å². The number of esters is 1. The van der Waals surface area contributed by atoms with Gasteiger partial charge in [-0.3, -0.25) is 14.3 Å². The van der Waals surface area contributed by atoms with E-state index in [0.717, 1.165) is 11.1 Å². The van der Waals surface area contributed by atoms with Crippen LogP contribution in [0.2, 0.25) is 0 Å². The maximum Gasteiger partial charge on any atom is 0.355 e. The quantitative estimate of drug-likeness (QED) is 0.435. The molecular formula is C26H24N2O6. The SMILES string of the molecule is COC(=O)c1c(-c2cc(OC)c(C)c(OC)c2)c2ccc(O)cc2c(=O)n1Cc1ccncc1. The molecule has 4 aromatic rings. The monoisotopic (exact) mass is 460 g/mol. The van der Waals surface area contributed by atoms with E-state index in [1.54, 1.807) is 56.9 Å². The second kappa shape index (κ2) is 9.27. The van der Waals surface area contributed by atoms with Gasteiger partial charge in [-0.05, 0) is 65.9 Å². The summed E-state index contributed by atoms with van der Waals surface area (Å²) in [7, 11) is 4.37. The van der Waals surface area contributed by atoms with Crippen LogP contribution in [-0.4, -0.2) is 42.0 Å². The third kappa shape index (κ3) is 3.94. The van der Waals surface area contributed by atoms with E-state index >= 15 is 0 Å². The minimum Gasteiger partial charge on any atom is -0.508 e. The van der Waals surface area contributed by atoms with Crippen LogP contribution in [0.3, 0.4) is 0 Å². The maximum atomic E-state index is 13.6. The normalized spacial score (nSPS) is 10.8. The number of phenols is 1. The highest BCUT2D eigenvalue weighted by Crippen LogP contribution is 2.39. The second-order valence-electron chi connectivity index (χ2n) is 7.70. The van der Waals surface area contributed by atoms with Gasteiger partial charge < -0.3 is 19.3 Å². The van der Waals surface area contributed by atoms with Gasteiger partial charge in [-0.15, -0.1) is 0 Å². The molecule has 2 aromatic carbocycles. The molecule has 0 saturated heterocycles. The van der Waals surface area contributed by atoms with Crippen molar-refractivity contribution in [3.63, 3.8) is 0 Å². The van der Waals surface area contributed by atoms with Gasteiger partial charge in [-0.1, -0.05) is 0 Å². The molecule has 0 radical (unpaired) electrons. The van der Waals surface area contributed by atoms with Crippen LogP contribution in [0.5, 0.6) is 17.2 Å². The van der Waals surface area contributed by atoms with E-state index in [1.165, 1.54) is 23.8 Å². The Morgan fingerprint density at radius 2 is 1.62 bits per heavy atom. The summed E-state index contributed by atoms with van der Waals surface area (Å²) >= 11 is 0. The van der Waals surface area contributed by atoms with Gasteiger partial charge in [0.1, 0.15) is 22.9 Å². The number of methoxy groups -OCH3 is 3. The summed E-state index contributed by atoms with van der Waals surface area (Å²) in [6.45, 7) is 1.97. The molecule has 0 amide bonds. The van der Waals surface area contributed by atoms with Crippen LogP contribution in [0.25, 0.3) is 21.9 Å². The van der Waals surface area contributed by atoms with E-state index in [4.69, 9.17) is 14.2 Å². The summed E-state index contributed by atoms with van der Waals surface area (Å²) in [5.41, 5.74) is 2.27. The van der Waals surface area contributed by atoms with E-state index in [0.29, 0.717) is 28.0 Å². The van der Waals surface area contributed by atoms with Crippen molar-refractivity contribution >= 4 is 16.7 Å². The van der Waals surface area contributed by atoms with Gasteiger partial charge in [-0.2, -0.15) is 0 Å². The molecule has 4 rings (SSSR count). The Bertz CT molecular complexity index is 1420. The molecule has 174 valence electrons. The van der Waals surface area contributed by atoms with Crippen LogP contribution in [0.1, 0.15) is 21.6 Å². The van der Waals surface area contributed by atoms with E-state index in [1.807, 2.05) is 6.92 Å². The first kappa shape index (κ1) is 22.8. The predicted octanol–water partition coefficient (Wildman–Crippen LogP) is 3.93. The smallest absolute Gasteiger partial charge is 0.355 e. The number of nitrogens with zero attached hydrogens (tertiary/aromatic N) is 2. The molecule has 2 heterocycles. The third-order valence-corrected chi connectivity index (χ3v) is 5.76. The lowest BCUT2D eigenvalue weighted by molar-refractivity contribution is 0.0588. The first-order valence-electron chi connectivity index (χ1n) is 10.5. The van der Waals surface area contributed by atoms with E-state index in [2.05, 4.69) is 4.98 Å². The lowest BCUT2D eigenvalue weighted by Crippen LogP contribution is -2.28. The molecule has 0 saturated carbocycles. The summed E-state index contributed by atoms with van der Waals surface area (Å²) in [6, 6.07) is 11.6. The Hall–Kier alpha value is -4.33. The largest absolute Gasteiger partial charge is 0.508 e. The lowest BCUT2D eigenvalue weighted by atomic mass is 9.94. The van der Waals surface area contributed by atoms with Gasteiger partial charge in [0.05, 0.1) is 33.3 Å². The fraction of sp³-hybridized carbons (Fsp3) is 0.192. The topological polar surface area (TPSA) is 99.9 Å². The van der Waals surface area contributed by atoms with Crippen LogP contribution < -0.4 is 15.0 Å². The average Bonchev–Trinajstić information content (AvgIpc) is 2.86. The molecule has 0 aliphatic carbocycles. The van der Waals surface area contributed by atoms with Gasteiger partial charge in [0.15, 0.2) is 0 Å². The zero-order valence-electron chi connectivity index (χ0n) is 19.3. The van der Waals surface area contributed by atoms with Crippen molar-refractivity contribution in [1.82, 2.24) is 9.55 Å². The van der Waals surface area contributed by atoms with Crippen molar-refractivity contribution in [1.29, 1.82) is 0 Å². The van der Waals surface area contributed by atoms with E-state index < -0.39 is 11.5 Å². The van der Waals surface area contributed by atoms with E-state index in [-0.39, 0.29) is 23.4 Å². The average molecular weight is 460 g/mol. The molecule has 1 N–H and O–H groups in total. The van der Waals surface area contributed by atoms with Crippen LogP contribution in [0, 0.1) is 6.92 Å². The number of rotatable bonds is 6. The number of phenolic OH excluding ortho intramolecular Hbond substituents is 1. The Balaban J connectivity index is 2.17. The highest BCUT2D eigenvalue weighted by atomic mass is 16.5. The summed E-state index contributed by atoms with van der Waals surface area (Å²) in [5, 5.41) is 10.9. The number of carbonyl (C=O) groups is 1. The number of benzene rings is 2. The van der Waals surface area contributed by atoms with Crippen molar-refractivity contribution < 1.29 is 24.1 Å². The number of ether oxygens (including phenoxy) is 3. The van der Waals surface area contributed by atoms with Crippen molar-refractivity contribution in [3.8, 4) is 28.4 Å². The summed E-state index contributed by atoms with van der Waals surface area (Å²) < 4.78 is 17.6. The van der Waals surface area contributed by atoms with Crippen molar-refractivity contribution in [2.45, 2.75) is 13.5 Å². The number of aromatic nitrogens is 2. The Kier molecular flexibility index (Phi) is 6.23. The fourth-order valence-electron chi connectivity index (χ4n) is 4.09. The summed E-state index contributed by atoms with van der Waals surface area (Å²) in [5.74, 6) is 0.387. The van der Waals surface area contributed by atoms with E-state index in [9.17, 15) is 14.7 Å². The summed E-state index contributed by atoms with van der Waals surface area (Å²) in [4.78, 5) is 30.8. The number of hydrogen-bond donors (Lipinski definition) is 1. The molecule has 34 heavy (non-hydrogen) atoms. The van der Waals surface area contributed by atoms with Crippen LogP contribution >= 0.6 is 0 Å². The molecule has 0 aliphatic rings. The van der Waals surface area contributed by atoms with Gasteiger partial charge in [0.25, 0.3) is 5.56 Å². The van der Waals surface area contributed by atoms with Crippen LogP contribution in [0.4, 0.5) is 0 Å². The molecule has 0 atom stereocenters. The Morgan fingerprint density at radius 1 is 0.971 bits per heavy atom. The van der Waals surface area contributed by atoms with Crippen molar-refractivity contribution in [3.05, 3.63) is 82.0 Å². The molecule has 0 bridgehead atoms. The first-order chi connectivity index (χ1) is 16.4. The maximum absolute atomic E-state index is 13.6. The standard InChI is InChI=1S/C26H24N2O6/c1-15-21(32-2)11-17(12-22(15)33-3)23-19-6-5-18(29)13-20(19)25(30)28(24(23)26(31)34-4)14-16-7-9-27-10-8-16/h5-13,29H,14H2,1-4H3. The fourth-order valence-corrected chi connectivity index (χ4v) is 4.09. The summed E-state index contributed by atoms with van der Waals surface area (Å²) in [6.07, 6.45) is 3.23. The number of carbonyl (C=O) groups excluding carboxylic acids is 1. The highest BCUT2D eigenvalue weighted by molar-refractivity contribution is 6.07. The number of hydrogen-bond acceptors (Lipinski definition) is 7.